The van der Waals surface area contributed by atoms with Crippen molar-refractivity contribution in [2.24, 2.45) is 5.73 Å². The molecule has 0 saturated carbocycles. The van der Waals surface area contributed by atoms with Gasteiger partial charge in [-0.2, -0.15) is 0 Å². The number of aliphatic hydroxyl groups excluding tert-OH is 2. The van der Waals surface area contributed by atoms with E-state index in [9.17, 15) is 19.8 Å². The zero-order valence-corrected chi connectivity index (χ0v) is 13.2. The van der Waals surface area contributed by atoms with Crippen LogP contribution in [0.3, 0.4) is 0 Å². The topological polar surface area (TPSA) is 139 Å². The molecule has 1 heterocycles. The Morgan fingerprint density at radius 1 is 1.09 bits per heavy atom. The Labute approximate surface area is 135 Å². The molecule has 0 aliphatic carbocycles. The third kappa shape index (κ3) is 7.74. The van der Waals surface area contributed by atoms with Crippen molar-refractivity contribution in [1.82, 2.24) is 0 Å². The third-order valence-corrected chi connectivity index (χ3v) is 3.80. The van der Waals surface area contributed by atoms with Crippen molar-refractivity contribution in [1.29, 1.82) is 0 Å². The number of hydrogen-bond acceptors (Lipinski definition) is 6. The summed E-state index contributed by atoms with van der Waals surface area (Å²) in [6.45, 7) is 0.404. The molecule has 5 N–H and O–H groups in total. The predicted molar refractivity (Wildman–Crippen MR) is 80.4 cm³/mol. The Hall–Kier alpha value is -1.22. The van der Waals surface area contributed by atoms with Crippen LogP contribution >= 0.6 is 0 Å². The van der Waals surface area contributed by atoms with E-state index in [-0.39, 0.29) is 12.3 Å². The van der Waals surface area contributed by atoms with Crippen LogP contribution in [0.4, 0.5) is 0 Å². The summed E-state index contributed by atoms with van der Waals surface area (Å²) in [6, 6.07) is 0. The molecule has 0 radical (unpaired) electrons. The molecule has 0 spiro atoms. The summed E-state index contributed by atoms with van der Waals surface area (Å²) in [4.78, 5) is 21.5. The molecule has 0 aromatic rings. The lowest BCUT2D eigenvalue weighted by atomic mass is 10.0. The van der Waals surface area contributed by atoms with Crippen molar-refractivity contribution in [3.05, 3.63) is 0 Å². The Morgan fingerprint density at radius 3 is 2.30 bits per heavy atom. The quantitative estimate of drug-likeness (QED) is 0.394. The van der Waals surface area contributed by atoms with Crippen LogP contribution in [-0.2, 0) is 19.1 Å². The van der Waals surface area contributed by atoms with Crippen molar-refractivity contribution in [2.45, 2.75) is 76.0 Å². The molecule has 1 saturated heterocycles. The maximum Gasteiger partial charge on any atom is 0.335 e. The summed E-state index contributed by atoms with van der Waals surface area (Å²) in [6.07, 6.45) is 1.19. The highest BCUT2D eigenvalue weighted by Crippen LogP contribution is 2.22. The third-order valence-electron chi connectivity index (χ3n) is 3.80. The van der Waals surface area contributed by atoms with Crippen LogP contribution < -0.4 is 5.73 Å². The highest BCUT2D eigenvalue weighted by molar-refractivity contribution is 5.73. The highest BCUT2D eigenvalue weighted by Gasteiger charge is 2.41. The minimum atomic E-state index is -1.46. The van der Waals surface area contributed by atoms with Gasteiger partial charge < -0.3 is 30.5 Å². The van der Waals surface area contributed by atoms with E-state index in [1.54, 1.807) is 0 Å². The number of carbonyl (C=O) groups excluding carboxylic acids is 1. The highest BCUT2D eigenvalue weighted by atomic mass is 16.7. The van der Waals surface area contributed by atoms with Gasteiger partial charge in [-0.25, -0.2) is 4.79 Å². The first kappa shape index (κ1) is 19.8. The van der Waals surface area contributed by atoms with Crippen molar-refractivity contribution in [3.63, 3.8) is 0 Å². The van der Waals surface area contributed by atoms with E-state index in [4.69, 9.17) is 20.3 Å². The molecule has 1 rings (SSSR count). The van der Waals surface area contributed by atoms with E-state index in [0.717, 1.165) is 38.5 Å². The lowest BCUT2D eigenvalue weighted by Gasteiger charge is -2.34. The van der Waals surface area contributed by atoms with Gasteiger partial charge in [0.25, 0.3) is 0 Å². The average molecular weight is 333 g/mol. The number of carboxylic acids is 1. The van der Waals surface area contributed by atoms with Crippen molar-refractivity contribution in [3.8, 4) is 0 Å². The van der Waals surface area contributed by atoms with Crippen molar-refractivity contribution >= 4 is 11.9 Å². The Balaban J connectivity index is 2.07. The minimum absolute atomic E-state index is 0.0536. The first-order valence-electron chi connectivity index (χ1n) is 8.06. The Bertz CT molecular complexity index is 377. The standard InChI is InChI=1S/C15H27NO7/c16-11(18)7-5-3-1-2-4-6-8-22-12-9-10(17)13(19)14(23-12)15(20)21/h10,12-14,17,19H,1-9H2,(H2,16,18)(H,20,21)/t10-,12?,13?,14?/m1/s1. The molecule has 4 atom stereocenters. The molecular formula is C15H27NO7. The van der Waals surface area contributed by atoms with E-state index in [2.05, 4.69) is 0 Å². The lowest BCUT2D eigenvalue weighted by Crippen LogP contribution is -2.52. The fourth-order valence-electron chi connectivity index (χ4n) is 2.47. The number of primary amides is 1. The summed E-state index contributed by atoms with van der Waals surface area (Å²) in [5.41, 5.74) is 5.05. The largest absolute Gasteiger partial charge is 0.479 e. The Morgan fingerprint density at radius 2 is 1.70 bits per heavy atom. The number of carboxylic acid groups (broad SMARTS) is 1. The molecule has 0 aromatic heterocycles. The van der Waals surface area contributed by atoms with Gasteiger partial charge in [-0.3, -0.25) is 4.79 Å². The van der Waals surface area contributed by atoms with Gasteiger partial charge >= 0.3 is 5.97 Å². The molecule has 1 aliphatic heterocycles. The molecule has 23 heavy (non-hydrogen) atoms. The maximum absolute atomic E-state index is 10.9. The molecule has 0 aromatic carbocycles. The number of amides is 1. The second kappa shape index (κ2) is 10.5. The van der Waals surface area contributed by atoms with Gasteiger partial charge in [-0.1, -0.05) is 25.7 Å². The van der Waals surface area contributed by atoms with Gasteiger partial charge in [0.05, 0.1) is 6.10 Å². The van der Waals surface area contributed by atoms with E-state index >= 15 is 0 Å². The summed E-state index contributed by atoms with van der Waals surface area (Å²) in [5.74, 6) is -1.58. The molecule has 134 valence electrons. The fourth-order valence-corrected chi connectivity index (χ4v) is 2.47. The molecule has 8 heteroatoms. The fraction of sp³-hybridized carbons (Fsp3) is 0.867. The first-order valence-corrected chi connectivity index (χ1v) is 8.06. The average Bonchev–Trinajstić information content (AvgIpc) is 2.48. The van der Waals surface area contributed by atoms with Gasteiger partial charge in [-0.05, 0) is 12.8 Å². The van der Waals surface area contributed by atoms with Crippen molar-refractivity contribution < 1.29 is 34.4 Å². The number of ether oxygens (including phenoxy) is 2. The zero-order chi connectivity index (χ0) is 17.2. The van der Waals surface area contributed by atoms with Gasteiger partial charge in [0.2, 0.25) is 5.91 Å². The minimum Gasteiger partial charge on any atom is -0.479 e. The summed E-state index contributed by atoms with van der Waals surface area (Å²) in [5, 5.41) is 28.1. The number of carbonyl (C=O) groups is 2. The number of aliphatic hydroxyl groups is 2. The Kier molecular flexibility index (Phi) is 9.08. The number of aliphatic carboxylic acids is 1. The normalized spacial score (nSPS) is 27.7. The molecule has 0 bridgehead atoms. The first-order chi connectivity index (χ1) is 10.9. The molecule has 1 amide bonds. The van der Waals surface area contributed by atoms with Gasteiger partial charge in [0, 0.05) is 19.4 Å². The number of rotatable bonds is 11. The van der Waals surface area contributed by atoms with Crippen LogP contribution in [0.25, 0.3) is 0 Å². The summed E-state index contributed by atoms with van der Waals surface area (Å²) >= 11 is 0. The van der Waals surface area contributed by atoms with Crippen LogP contribution in [0, 0.1) is 0 Å². The van der Waals surface area contributed by atoms with Crippen LogP contribution in [0.5, 0.6) is 0 Å². The zero-order valence-electron chi connectivity index (χ0n) is 13.2. The second-order valence-corrected chi connectivity index (χ2v) is 5.83. The van der Waals surface area contributed by atoms with E-state index in [0.29, 0.717) is 13.0 Å². The second-order valence-electron chi connectivity index (χ2n) is 5.83. The molecule has 3 unspecified atom stereocenters. The van der Waals surface area contributed by atoms with Crippen LogP contribution in [0.1, 0.15) is 51.4 Å². The van der Waals surface area contributed by atoms with Gasteiger partial charge in [0.1, 0.15) is 6.10 Å². The van der Waals surface area contributed by atoms with E-state index in [1.165, 1.54) is 0 Å². The van der Waals surface area contributed by atoms with Crippen LogP contribution in [0.2, 0.25) is 0 Å². The lowest BCUT2D eigenvalue weighted by molar-refractivity contribution is -0.252. The van der Waals surface area contributed by atoms with Crippen LogP contribution in [0.15, 0.2) is 0 Å². The van der Waals surface area contributed by atoms with Gasteiger partial charge in [0.15, 0.2) is 12.4 Å². The molecule has 8 nitrogen and oxygen atoms in total. The smallest absolute Gasteiger partial charge is 0.335 e. The monoisotopic (exact) mass is 333 g/mol. The predicted octanol–water partition coefficient (Wildman–Crippen LogP) is 0.140. The summed E-state index contributed by atoms with van der Waals surface area (Å²) < 4.78 is 10.6. The maximum atomic E-state index is 10.9. The number of hydrogen-bond donors (Lipinski definition) is 4. The molecular weight excluding hydrogens is 306 g/mol. The van der Waals surface area contributed by atoms with Crippen LogP contribution in [-0.4, -0.2) is 58.4 Å². The van der Waals surface area contributed by atoms with Crippen molar-refractivity contribution in [2.75, 3.05) is 6.61 Å². The SMILES string of the molecule is NC(=O)CCCCCCCCOC1C[C@@H](O)C(O)C(C(=O)O)O1. The molecule has 1 aliphatic rings. The van der Waals surface area contributed by atoms with E-state index < -0.39 is 30.6 Å². The van der Waals surface area contributed by atoms with E-state index in [1.807, 2.05) is 0 Å². The van der Waals surface area contributed by atoms with Gasteiger partial charge in [-0.15, -0.1) is 0 Å². The molecule has 1 fully saturated rings. The number of unbranched alkanes of at least 4 members (excludes halogenated alkanes) is 5. The number of nitrogens with two attached hydrogens (primary N) is 1. The summed E-state index contributed by atoms with van der Waals surface area (Å²) in [7, 11) is 0.